The van der Waals surface area contributed by atoms with Gasteiger partial charge < -0.3 is 5.11 Å². The fourth-order valence-electron chi connectivity index (χ4n) is 3.56. The predicted molar refractivity (Wildman–Crippen MR) is 105 cm³/mol. The van der Waals surface area contributed by atoms with Crippen LogP contribution in [0, 0.1) is 10.8 Å². The molecule has 2 rings (SSSR count). The molecule has 1 heteroatoms. The second kappa shape index (κ2) is 8.41. The Balaban J connectivity index is 1.79. The quantitative estimate of drug-likeness (QED) is 0.431. The van der Waals surface area contributed by atoms with E-state index in [-0.39, 0.29) is 0 Å². The lowest BCUT2D eigenvalue weighted by Gasteiger charge is -2.22. The molecule has 1 aliphatic carbocycles. The molecule has 0 saturated heterocycles. The summed E-state index contributed by atoms with van der Waals surface area (Å²) in [6.07, 6.45) is 14.0. The number of hydrogen-bond donors (Lipinski definition) is 1. The Morgan fingerprint density at radius 2 is 1.75 bits per heavy atom. The van der Waals surface area contributed by atoms with Crippen molar-refractivity contribution in [2.45, 2.75) is 98.3 Å². The molecule has 0 heterocycles. The summed E-state index contributed by atoms with van der Waals surface area (Å²) in [7, 11) is 0. The Labute approximate surface area is 149 Å². The molecule has 1 fully saturated rings. The molecule has 1 nitrogen and oxygen atoms in total. The molecular weight excluding hydrogens is 292 g/mol. The van der Waals surface area contributed by atoms with Crippen LogP contribution in [-0.4, -0.2) is 5.11 Å². The zero-order chi connectivity index (χ0) is 17.6. The van der Waals surface area contributed by atoms with E-state index < -0.39 is 0 Å². The Hall–Kier alpha value is -0.980. The van der Waals surface area contributed by atoms with E-state index in [1.807, 2.05) is 12.1 Å². The number of phenols is 1. The van der Waals surface area contributed by atoms with Crippen LogP contribution in [0.5, 0.6) is 5.75 Å². The third kappa shape index (κ3) is 6.15. The van der Waals surface area contributed by atoms with Crippen LogP contribution in [0.15, 0.2) is 18.2 Å². The predicted octanol–water partition coefficient (Wildman–Crippen LogP) is 7.05. The van der Waals surface area contributed by atoms with E-state index in [9.17, 15) is 5.11 Å². The summed E-state index contributed by atoms with van der Waals surface area (Å²) >= 11 is 0. The molecule has 1 saturated carbocycles. The Kier molecular flexibility index (Phi) is 6.78. The van der Waals surface area contributed by atoms with Crippen LogP contribution < -0.4 is 0 Å². The lowest BCUT2D eigenvalue weighted by Crippen LogP contribution is -2.09. The summed E-state index contributed by atoms with van der Waals surface area (Å²) < 4.78 is 0. The second-order valence-electron chi connectivity index (χ2n) is 9.16. The van der Waals surface area contributed by atoms with Gasteiger partial charge in [-0.2, -0.15) is 0 Å². The number of rotatable bonds is 11. The summed E-state index contributed by atoms with van der Waals surface area (Å²) in [4.78, 5) is 0. The third-order valence-corrected chi connectivity index (χ3v) is 6.32. The van der Waals surface area contributed by atoms with Gasteiger partial charge in [0.15, 0.2) is 0 Å². The van der Waals surface area contributed by atoms with Crippen molar-refractivity contribution in [2.75, 3.05) is 0 Å². The maximum Gasteiger partial charge on any atom is 0.119 e. The summed E-state index contributed by atoms with van der Waals surface area (Å²) in [5, 5.41) is 10.3. The first-order chi connectivity index (χ1) is 11.4. The van der Waals surface area contributed by atoms with Gasteiger partial charge in [-0.3, -0.25) is 0 Å². The van der Waals surface area contributed by atoms with E-state index in [0.717, 1.165) is 12.8 Å². The number of benzene rings is 1. The lowest BCUT2D eigenvalue weighted by atomic mass is 9.84. The summed E-state index contributed by atoms with van der Waals surface area (Å²) in [5.74, 6) is 0.511. The molecule has 0 atom stereocenters. The molecule has 136 valence electrons. The van der Waals surface area contributed by atoms with Crippen LogP contribution in [0.4, 0.5) is 0 Å². The minimum atomic E-state index is 0.459. The topological polar surface area (TPSA) is 20.2 Å². The normalized spacial score (nSPS) is 16.3. The highest BCUT2D eigenvalue weighted by molar-refractivity contribution is 5.39. The zero-order valence-corrected chi connectivity index (χ0v) is 16.5. The van der Waals surface area contributed by atoms with E-state index in [2.05, 4.69) is 33.8 Å². The number of hydrogen-bond acceptors (Lipinski definition) is 1. The standard InChI is InChI=1S/C23H38O/c1-5-22(2,3)15-8-7-13-20-19(12-10-14-21(20)24)11-6-9-16-23(4)17-18-23/h10,12,14,24H,5-9,11,13,15-18H2,1-4H3. The molecule has 0 aliphatic heterocycles. The van der Waals surface area contributed by atoms with Crippen molar-refractivity contribution in [3.8, 4) is 5.75 Å². The van der Waals surface area contributed by atoms with Crippen LogP contribution >= 0.6 is 0 Å². The van der Waals surface area contributed by atoms with Crippen molar-refractivity contribution >= 4 is 0 Å². The Morgan fingerprint density at radius 1 is 1.04 bits per heavy atom. The first-order valence-electron chi connectivity index (χ1n) is 10.1. The summed E-state index contributed by atoms with van der Waals surface area (Å²) in [5.41, 5.74) is 3.73. The van der Waals surface area contributed by atoms with Gasteiger partial charge in [0.2, 0.25) is 0 Å². The van der Waals surface area contributed by atoms with Crippen LogP contribution in [0.3, 0.4) is 0 Å². The first kappa shape index (κ1) is 19.3. The molecule has 0 aromatic heterocycles. The smallest absolute Gasteiger partial charge is 0.119 e. The maximum absolute atomic E-state index is 10.3. The SMILES string of the molecule is CCC(C)(C)CCCCc1c(O)cccc1CCCCC1(C)CC1. The van der Waals surface area contributed by atoms with Gasteiger partial charge in [-0.15, -0.1) is 0 Å². The van der Waals surface area contributed by atoms with Crippen molar-refractivity contribution < 1.29 is 5.11 Å². The molecule has 0 amide bonds. The second-order valence-corrected chi connectivity index (χ2v) is 9.16. The van der Waals surface area contributed by atoms with Crippen molar-refractivity contribution in [1.82, 2.24) is 0 Å². The summed E-state index contributed by atoms with van der Waals surface area (Å²) in [6, 6.07) is 6.10. The monoisotopic (exact) mass is 330 g/mol. The van der Waals surface area contributed by atoms with Gasteiger partial charge in [0.1, 0.15) is 5.75 Å². The van der Waals surface area contributed by atoms with E-state index in [1.165, 1.54) is 68.9 Å². The van der Waals surface area contributed by atoms with Crippen LogP contribution in [0.2, 0.25) is 0 Å². The number of aromatic hydroxyl groups is 1. The van der Waals surface area contributed by atoms with Crippen LogP contribution in [0.1, 0.15) is 96.6 Å². The van der Waals surface area contributed by atoms with E-state index in [1.54, 1.807) is 0 Å². The molecule has 24 heavy (non-hydrogen) atoms. The first-order valence-corrected chi connectivity index (χ1v) is 10.1. The minimum absolute atomic E-state index is 0.459. The van der Waals surface area contributed by atoms with Gasteiger partial charge in [-0.25, -0.2) is 0 Å². The Bertz CT molecular complexity index is 511. The fraction of sp³-hybridized carbons (Fsp3) is 0.739. The minimum Gasteiger partial charge on any atom is -0.508 e. The molecule has 1 aromatic carbocycles. The maximum atomic E-state index is 10.3. The zero-order valence-electron chi connectivity index (χ0n) is 16.5. The molecule has 1 aliphatic rings. The average Bonchev–Trinajstić information content (AvgIpc) is 3.28. The number of unbranched alkanes of at least 4 members (excludes halogenated alkanes) is 2. The fourth-order valence-corrected chi connectivity index (χ4v) is 3.56. The van der Waals surface area contributed by atoms with Crippen molar-refractivity contribution in [3.63, 3.8) is 0 Å². The van der Waals surface area contributed by atoms with E-state index in [4.69, 9.17) is 0 Å². The van der Waals surface area contributed by atoms with Crippen LogP contribution in [-0.2, 0) is 12.8 Å². The highest BCUT2D eigenvalue weighted by atomic mass is 16.3. The van der Waals surface area contributed by atoms with Gasteiger partial charge in [-0.1, -0.05) is 59.1 Å². The van der Waals surface area contributed by atoms with Gasteiger partial charge in [0.05, 0.1) is 0 Å². The van der Waals surface area contributed by atoms with Crippen molar-refractivity contribution in [2.24, 2.45) is 10.8 Å². The van der Waals surface area contributed by atoms with Gasteiger partial charge in [0.25, 0.3) is 0 Å². The molecule has 0 unspecified atom stereocenters. The highest BCUT2D eigenvalue weighted by Crippen LogP contribution is 2.49. The molecule has 1 aromatic rings. The molecule has 0 bridgehead atoms. The molecular formula is C23H38O. The Morgan fingerprint density at radius 3 is 2.42 bits per heavy atom. The van der Waals surface area contributed by atoms with Crippen molar-refractivity contribution in [3.05, 3.63) is 29.3 Å². The lowest BCUT2D eigenvalue weighted by molar-refractivity contribution is 0.309. The van der Waals surface area contributed by atoms with Crippen molar-refractivity contribution in [1.29, 1.82) is 0 Å². The van der Waals surface area contributed by atoms with Gasteiger partial charge in [0, 0.05) is 0 Å². The number of phenolic OH excluding ortho intramolecular Hbond substituents is 1. The summed E-state index contributed by atoms with van der Waals surface area (Å²) in [6.45, 7) is 9.42. The van der Waals surface area contributed by atoms with E-state index >= 15 is 0 Å². The van der Waals surface area contributed by atoms with Gasteiger partial charge >= 0.3 is 0 Å². The van der Waals surface area contributed by atoms with Crippen LogP contribution in [0.25, 0.3) is 0 Å². The average molecular weight is 331 g/mol. The molecule has 0 spiro atoms. The van der Waals surface area contributed by atoms with Gasteiger partial charge in [-0.05, 0) is 79.4 Å². The van der Waals surface area contributed by atoms with E-state index in [0.29, 0.717) is 16.6 Å². The molecule has 0 radical (unpaired) electrons. The number of aryl methyl sites for hydroxylation is 1. The molecule has 1 N–H and O–H groups in total. The largest absolute Gasteiger partial charge is 0.508 e. The highest BCUT2D eigenvalue weighted by Gasteiger charge is 2.35. The third-order valence-electron chi connectivity index (χ3n) is 6.32.